The number of carbonyl (C=O) groups excluding carboxylic acids is 1. The Morgan fingerprint density at radius 3 is 2.33 bits per heavy atom. The van der Waals surface area contributed by atoms with Gasteiger partial charge in [0, 0.05) is 5.69 Å². The summed E-state index contributed by atoms with van der Waals surface area (Å²) in [6, 6.07) is 6.56. The van der Waals surface area contributed by atoms with Crippen LogP contribution in [0.4, 0.5) is 10.5 Å². The third-order valence-corrected chi connectivity index (χ3v) is 2.36. The van der Waals surface area contributed by atoms with E-state index in [1.165, 1.54) is 0 Å². The van der Waals surface area contributed by atoms with Crippen molar-refractivity contribution < 1.29 is 19.8 Å². The summed E-state index contributed by atoms with van der Waals surface area (Å²) in [5.74, 6) is -1.39. The summed E-state index contributed by atoms with van der Waals surface area (Å²) in [4.78, 5) is 22.0. The average molecular weight is 252 g/mol. The molecule has 6 nitrogen and oxygen atoms in total. The molecule has 1 unspecified atom stereocenters. The summed E-state index contributed by atoms with van der Waals surface area (Å²) in [5.41, 5.74) is -0.326. The minimum Gasteiger partial charge on any atom is -0.479 e. The summed E-state index contributed by atoms with van der Waals surface area (Å²) in [5, 5.41) is 22.9. The molecule has 0 fully saturated rings. The molecular formula is C12H16N2O4. The second-order valence-corrected chi connectivity index (χ2v) is 4.25. The van der Waals surface area contributed by atoms with Crippen LogP contribution in [0.3, 0.4) is 0 Å². The standard InChI is InChI=1S/C12H16N2O4/c1-8-3-5-9(6-4-8)14-11(17)13-7-12(2,18)10(15)16/h3-6,18H,7H2,1-2H3,(H,15,16)(H2,13,14,17). The second kappa shape index (κ2) is 5.50. The van der Waals surface area contributed by atoms with Gasteiger partial charge in [-0.15, -0.1) is 0 Å². The molecule has 0 aliphatic heterocycles. The molecular weight excluding hydrogens is 236 g/mol. The van der Waals surface area contributed by atoms with Gasteiger partial charge in [0.2, 0.25) is 0 Å². The molecule has 0 aliphatic rings. The summed E-state index contributed by atoms with van der Waals surface area (Å²) in [6.45, 7) is 2.66. The molecule has 18 heavy (non-hydrogen) atoms. The van der Waals surface area contributed by atoms with Crippen molar-refractivity contribution in [1.82, 2.24) is 5.32 Å². The van der Waals surface area contributed by atoms with Gasteiger partial charge in [0.05, 0.1) is 6.54 Å². The smallest absolute Gasteiger partial charge is 0.337 e. The predicted octanol–water partition coefficient (Wildman–Crippen LogP) is 0.952. The first-order valence-electron chi connectivity index (χ1n) is 5.38. The number of anilines is 1. The molecule has 98 valence electrons. The zero-order valence-electron chi connectivity index (χ0n) is 10.2. The maximum Gasteiger partial charge on any atom is 0.337 e. The largest absolute Gasteiger partial charge is 0.479 e. The number of carboxylic acid groups (broad SMARTS) is 1. The first-order valence-corrected chi connectivity index (χ1v) is 5.38. The number of aliphatic carboxylic acids is 1. The number of nitrogens with one attached hydrogen (secondary N) is 2. The highest BCUT2D eigenvalue weighted by atomic mass is 16.4. The van der Waals surface area contributed by atoms with E-state index >= 15 is 0 Å². The van der Waals surface area contributed by atoms with Crippen LogP contribution in [0, 0.1) is 6.92 Å². The number of rotatable bonds is 4. The maximum absolute atomic E-state index is 11.4. The minimum atomic E-state index is -1.98. The van der Waals surface area contributed by atoms with Crippen LogP contribution in [0.1, 0.15) is 12.5 Å². The summed E-state index contributed by atoms with van der Waals surface area (Å²) >= 11 is 0. The molecule has 0 heterocycles. The summed E-state index contributed by atoms with van der Waals surface area (Å²) in [6.07, 6.45) is 0. The van der Waals surface area contributed by atoms with E-state index in [1.54, 1.807) is 12.1 Å². The van der Waals surface area contributed by atoms with Crippen molar-refractivity contribution in [3.05, 3.63) is 29.8 Å². The Kier molecular flexibility index (Phi) is 4.28. The Hall–Kier alpha value is -2.08. The van der Waals surface area contributed by atoms with Crippen LogP contribution in [-0.2, 0) is 4.79 Å². The average Bonchev–Trinajstić information content (AvgIpc) is 2.29. The predicted molar refractivity (Wildman–Crippen MR) is 66.5 cm³/mol. The van der Waals surface area contributed by atoms with Gasteiger partial charge in [-0.2, -0.15) is 0 Å². The fourth-order valence-electron chi connectivity index (χ4n) is 1.14. The van der Waals surface area contributed by atoms with Gasteiger partial charge in [-0.25, -0.2) is 9.59 Å². The Labute approximate surface area is 105 Å². The van der Waals surface area contributed by atoms with Gasteiger partial charge in [-0.05, 0) is 26.0 Å². The zero-order valence-corrected chi connectivity index (χ0v) is 10.2. The van der Waals surface area contributed by atoms with Gasteiger partial charge < -0.3 is 20.8 Å². The molecule has 0 bridgehead atoms. The molecule has 2 amide bonds. The first-order chi connectivity index (χ1) is 8.31. The van der Waals surface area contributed by atoms with E-state index in [0.717, 1.165) is 12.5 Å². The van der Waals surface area contributed by atoms with Gasteiger partial charge in [-0.1, -0.05) is 17.7 Å². The van der Waals surface area contributed by atoms with E-state index in [1.807, 2.05) is 19.1 Å². The number of aryl methyl sites for hydroxylation is 1. The molecule has 0 radical (unpaired) electrons. The maximum atomic E-state index is 11.4. The fourth-order valence-corrected chi connectivity index (χ4v) is 1.14. The SMILES string of the molecule is Cc1ccc(NC(=O)NCC(C)(O)C(=O)O)cc1. The van der Waals surface area contributed by atoms with Crippen LogP contribution < -0.4 is 10.6 Å². The van der Waals surface area contributed by atoms with Crippen molar-refractivity contribution in [3.8, 4) is 0 Å². The molecule has 6 heteroatoms. The van der Waals surface area contributed by atoms with E-state index in [2.05, 4.69) is 10.6 Å². The van der Waals surface area contributed by atoms with E-state index in [9.17, 15) is 14.7 Å². The number of amides is 2. The molecule has 0 spiro atoms. The summed E-state index contributed by atoms with van der Waals surface area (Å²) < 4.78 is 0. The van der Waals surface area contributed by atoms with Gasteiger partial charge in [-0.3, -0.25) is 0 Å². The minimum absolute atomic E-state index is 0.375. The lowest BCUT2D eigenvalue weighted by molar-refractivity contribution is -0.155. The molecule has 4 N–H and O–H groups in total. The number of carboxylic acids is 1. The lowest BCUT2D eigenvalue weighted by Crippen LogP contribution is -2.47. The van der Waals surface area contributed by atoms with Crippen molar-refractivity contribution in [3.63, 3.8) is 0 Å². The zero-order chi connectivity index (χ0) is 13.8. The Morgan fingerprint density at radius 1 is 1.28 bits per heavy atom. The number of benzene rings is 1. The third-order valence-electron chi connectivity index (χ3n) is 2.36. The lowest BCUT2D eigenvalue weighted by Gasteiger charge is -2.18. The summed E-state index contributed by atoms with van der Waals surface area (Å²) in [7, 11) is 0. The van der Waals surface area contributed by atoms with Crippen molar-refractivity contribution in [2.24, 2.45) is 0 Å². The Balaban J connectivity index is 2.48. The number of hydrogen-bond acceptors (Lipinski definition) is 3. The number of hydrogen-bond donors (Lipinski definition) is 4. The highest BCUT2D eigenvalue weighted by Gasteiger charge is 2.30. The van der Waals surface area contributed by atoms with Crippen LogP contribution >= 0.6 is 0 Å². The monoisotopic (exact) mass is 252 g/mol. The molecule has 1 aromatic rings. The number of urea groups is 1. The van der Waals surface area contributed by atoms with Gasteiger partial charge in [0.25, 0.3) is 0 Å². The van der Waals surface area contributed by atoms with Crippen LogP contribution in [0.25, 0.3) is 0 Å². The molecule has 0 saturated carbocycles. The van der Waals surface area contributed by atoms with Crippen LogP contribution in [0.15, 0.2) is 24.3 Å². The van der Waals surface area contributed by atoms with Gasteiger partial charge >= 0.3 is 12.0 Å². The quantitative estimate of drug-likeness (QED) is 0.641. The molecule has 0 saturated heterocycles. The molecule has 0 aliphatic carbocycles. The molecule has 1 aromatic carbocycles. The van der Waals surface area contributed by atoms with Crippen LogP contribution in [0.2, 0.25) is 0 Å². The fraction of sp³-hybridized carbons (Fsp3) is 0.333. The third kappa shape index (κ3) is 4.06. The van der Waals surface area contributed by atoms with Gasteiger partial charge in [0.1, 0.15) is 0 Å². The Morgan fingerprint density at radius 2 is 1.83 bits per heavy atom. The van der Waals surface area contributed by atoms with E-state index in [4.69, 9.17) is 5.11 Å². The topological polar surface area (TPSA) is 98.7 Å². The number of aliphatic hydroxyl groups is 1. The second-order valence-electron chi connectivity index (χ2n) is 4.25. The molecule has 0 aromatic heterocycles. The van der Waals surface area contributed by atoms with E-state index in [-0.39, 0.29) is 6.54 Å². The van der Waals surface area contributed by atoms with Crippen molar-refractivity contribution in [2.75, 3.05) is 11.9 Å². The number of carbonyl (C=O) groups is 2. The highest BCUT2D eigenvalue weighted by molar-refractivity contribution is 5.89. The lowest BCUT2D eigenvalue weighted by atomic mass is 10.1. The van der Waals surface area contributed by atoms with E-state index in [0.29, 0.717) is 5.69 Å². The van der Waals surface area contributed by atoms with Gasteiger partial charge in [0.15, 0.2) is 5.60 Å². The molecule has 1 rings (SSSR count). The van der Waals surface area contributed by atoms with Crippen molar-refractivity contribution in [1.29, 1.82) is 0 Å². The van der Waals surface area contributed by atoms with Crippen LogP contribution in [0.5, 0.6) is 0 Å². The Bertz CT molecular complexity index is 440. The van der Waals surface area contributed by atoms with Crippen LogP contribution in [-0.4, -0.2) is 34.4 Å². The first kappa shape index (κ1) is 14.0. The molecule has 1 atom stereocenters. The van der Waals surface area contributed by atoms with Crippen molar-refractivity contribution in [2.45, 2.75) is 19.4 Å². The highest BCUT2D eigenvalue weighted by Crippen LogP contribution is 2.08. The normalized spacial score (nSPS) is 13.5. The van der Waals surface area contributed by atoms with E-state index < -0.39 is 17.6 Å². The van der Waals surface area contributed by atoms with Crippen molar-refractivity contribution >= 4 is 17.7 Å².